The first-order valence-electron chi connectivity index (χ1n) is 9.81. The molecule has 4 heterocycles. The Kier molecular flexibility index (Phi) is 5.52. The van der Waals surface area contributed by atoms with Gasteiger partial charge in [-0.1, -0.05) is 6.07 Å². The quantitative estimate of drug-likeness (QED) is 0.819. The van der Waals surface area contributed by atoms with Crippen LogP contribution in [0.1, 0.15) is 31.2 Å². The monoisotopic (exact) mass is 359 g/mol. The zero-order valence-electron chi connectivity index (χ0n) is 15.4. The molecule has 6 heteroatoms. The molecule has 1 spiro atoms. The van der Waals surface area contributed by atoms with Crippen LogP contribution in [-0.4, -0.2) is 72.8 Å². The molecule has 1 atom stereocenters. The molecule has 3 aliphatic heterocycles. The Bertz CT molecular complexity index is 596. The third-order valence-corrected chi connectivity index (χ3v) is 6.11. The highest BCUT2D eigenvalue weighted by atomic mass is 16.6. The second-order valence-corrected chi connectivity index (χ2v) is 7.98. The summed E-state index contributed by atoms with van der Waals surface area (Å²) in [5.41, 5.74) is 1.40. The molecule has 3 fully saturated rings. The fourth-order valence-electron chi connectivity index (χ4n) is 4.51. The van der Waals surface area contributed by atoms with Crippen LogP contribution in [0.3, 0.4) is 0 Å². The predicted molar refractivity (Wildman–Crippen MR) is 97.6 cm³/mol. The van der Waals surface area contributed by atoms with Crippen LogP contribution in [0.5, 0.6) is 0 Å². The first-order valence-corrected chi connectivity index (χ1v) is 9.81. The number of nitrogens with zero attached hydrogens (tertiary/aromatic N) is 3. The predicted octanol–water partition coefficient (Wildman–Crippen LogP) is 1.70. The van der Waals surface area contributed by atoms with Crippen molar-refractivity contribution in [3.63, 3.8) is 0 Å². The van der Waals surface area contributed by atoms with Crippen molar-refractivity contribution in [3.05, 3.63) is 30.1 Å². The molecule has 26 heavy (non-hydrogen) atoms. The molecule has 1 amide bonds. The van der Waals surface area contributed by atoms with E-state index in [9.17, 15) is 4.79 Å². The topological polar surface area (TPSA) is 54.9 Å². The number of rotatable bonds is 4. The van der Waals surface area contributed by atoms with Crippen LogP contribution >= 0.6 is 0 Å². The van der Waals surface area contributed by atoms with Crippen molar-refractivity contribution in [1.82, 2.24) is 14.8 Å². The number of aromatic nitrogens is 1. The number of carbonyl (C=O) groups excluding carboxylic acids is 1. The van der Waals surface area contributed by atoms with Crippen LogP contribution in [0, 0.1) is 5.41 Å². The van der Waals surface area contributed by atoms with Crippen LogP contribution < -0.4 is 0 Å². The van der Waals surface area contributed by atoms with Gasteiger partial charge in [-0.2, -0.15) is 0 Å². The summed E-state index contributed by atoms with van der Waals surface area (Å²) in [6, 6.07) is 3.99. The minimum Gasteiger partial charge on any atom is -0.376 e. The lowest BCUT2D eigenvalue weighted by atomic mass is 9.72. The summed E-state index contributed by atoms with van der Waals surface area (Å²) in [6.07, 6.45) is 7.90. The molecule has 1 aromatic rings. The van der Waals surface area contributed by atoms with E-state index < -0.39 is 0 Å². The molecule has 0 radical (unpaired) electrons. The highest BCUT2D eigenvalue weighted by Gasteiger charge is 2.41. The fraction of sp³-hybridized carbons (Fsp3) is 0.700. The lowest BCUT2D eigenvalue weighted by Gasteiger charge is -2.48. The number of piperidine rings is 2. The van der Waals surface area contributed by atoms with Gasteiger partial charge in [-0.05, 0) is 49.4 Å². The summed E-state index contributed by atoms with van der Waals surface area (Å²) in [5, 5.41) is 0. The number of pyridine rings is 1. The summed E-state index contributed by atoms with van der Waals surface area (Å²) in [4.78, 5) is 21.2. The normalized spacial score (nSPS) is 27.0. The van der Waals surface area contributed by atoms with Crippen molar-refractivity contribution in [2.24, 2.45) is 5.41 Å². The lowest BCUT2D eigenvalue weighted by Crippen LogP contribution is -2.52. The second kappa shape index (κ2) is 8.03. The van der Waals surface area contributed by atoms with E-state index in [-0.39, 0.29) is 17.4 Å². The van der Waals surface area contributed by atoms with E-state index in [1.807, 2.05) is 17.2 Å². The van der Waals surface area contributed by atoms with E-state index in [4.69, 9.17) is 9.47 Å². The Morgan fingerprint density at radius 2 is 2.12 bits per heavy atom. The first-order chi connectivity index (χ1) is 12.7. The summed E-state index contributed by atoms with van der Waals surface area (Å²) in [6.45, 7) is 6.88. The van der Waals surface area contributed by atoms with Gasteiger partial charge in [0.2, 0.25) is 5.91 Å². The van der Waals surface area contributed by atoms with E-state index in [2.05, 4.69) is 16.0 Å². The van der Waals surface area contributed by atoms with Gasteiger partial charge < -0.3 is 19.3 Å². The molecule has 3 aliphatic rings. The van der Waals surface area contributed by atoms with Gasteiger partial charge in [-0.15, -0.1) is 0 Å². The molecule has 1 aromatic heterocycles. The van der Waals surface area contributed by atoms with Crippen molar-refractivity contribution in [1.29, 1.82) is 0 Å². The maximum absolute atomic E-state index is 12.4. The van der Waals surface area contributed by atoms with Crippen LogP contribution in [0.4, 0.5) is 0 Å². The molecule has 0 unspecified atom stereocenters. The van der Waals surface area contributed by atoms with Crippen molar-refractivity contribution in [3.8, 4) is 0 Å². The molecule has 0 aliphatic carbocycles. The average Bonchev–Trinajstić information content (AvgIpc) is 2.69. The number of likely N-dealkylation sites (tertiary alicyclic amines) is 2. The number of amides is 1. The number of ether oxygens (including phenoxy) is 2. The van der Waals surface area contributed by atoms with E-state index in [1.165, 1.54) is 0 Å². The molecule has 6 nitrogen and oxygen atoms in total. The standard InChI is InChI=1S/C20H29N3O3/c24-19-3-4-20(16-23(19)13-17-2-1-7-21-12-17)5-8-22(9-6-20)14-18-15-25-10-11-26-18/h1-2,7,12,18H,3-6,8-11,13-16H2/t18-/m1/s1. The van der Waals surface area contributed by atoms with E-state index in [1.54, 1.807) is 6.20 Å². The fourth-order valence-corrected chi connectivity index (χ4v) is 4.51. The maximum Gasteiger partial charge on any atom is 0.222 e. The van der Waals surface area contributed by atoms with Gasteiger partial charge in [-0.25, -0.2) is 0 Å². The zero-order chi connectivity index (χ0) is 17.8. The van der Waals surface area contributed by atoms with E-state index in [0.29, 0.717) is 19.6 Å². The largest absolute Gasteiger partial charge is 0.376 e. The van der Waals surface area contributed by atoms with Crippen LogP contribution in [0.25, 0.3) is 0 Å². The molecule has 0 N–H and O–H groups in total. The molecule has 0 bridgehead atoms. The van der Waals surface area contributed by atoms with Crippen molar-refractivity contribution >= 4 is 5.91 Å². The molecular formula is C20H29N3O3. The van der Waals surface area contributed by atoms with Crippen LogP contribution in [-0.2, 0) is 20.8 Å². The van der Waals surface area contributed by atoms with Gasteiger partial charge >= 0.3 is 0 Å². The third kappa shape index (κ3) is 4.24. The highest BCUT2D eigenvalue weighted by molar-refractivity contribution is 5.77. The van der Waals surface area contributed by atoms with Gasteiger partial charge in [0.05, 0.1) is 25.9 Å². The number of carbonyl (C=O) groups is 1. The SMILES string of the molecule is O=C1CCC2(CCN(C[C@@H]3COCCO3)CC2)CN1Cc1cccnc1. The Labute approximate surface area is 155 Å². The van der Waals surface area contributed by atoms with E-state index >= 15 is 0 Å². The Morgan fingerprint density at radius 3 is 2.85 bits per heavy atom. The zero-order valence-corrected chi connectivity index (χ0v) is 15.4. The Hall–Kier alpha value is -1.50. The smallest absolute Gasteiger partial charge is 0.222 e. The van der Waals surface area contributed by atoms with Gasteiger partial charge in [0.1, 0.15) is 0 Å². The summed E-state index contributed by atoms with van der Waals surface area (Å²) >= 11 is 0. The molecule has 3 saturated heterocycles. The second-order valence-electron chi connectivity index (χ2n) is 7.98. The molecule has 142 valence electrons. The molecule has 4 rings (SSSR count). The summed E-state index contributed by atoms with van der Waals surface area (Å²) in [7, 11) is 0. The van der Waals surface area contributed by atoms with Gasteiger partial charge in [0, 0.05) is 38.4 Å². The van der Waals surface area contributed by atoms with Gasteiger partial charge in [0.25, 0.3) is 0 Å². The van der Waals surface area contributed by atoms with Gasteiger partial charge in [-0.3, -0.25) is 9.78 Å². The van der Waals surface area contributed by atoms with Crippen LogP contribution in [0.15, 0.2) is 24.5 Å². The van der Waals surface area contributed by atoms with Crippen molar-refractivity contribution in [2.45, 2.75) is 38.3 Å². The van der Waals surface area contributed by atoms with Crippen LogP contribution in [0.2, 0.25) is 0 Å². The lowest BCUT2D eigenvalue weighted by molar-refractivity contribution is -0.140. The Balaban J connectivity index is 1.32. The average molecular weight is 359 g/mol. The van der Waals surface area contributed by atoms with E-state index in [0.717, 1.165) is 64.2 Å². The van der Waals surface area contributed by atoms with Crippen molar-refractivity contribution in [2.75, 3.05) is 46.0 Å². The highest BCUT2D eigenvalue weighted by Crippen LogP contribution is 2.40. The molecule has 0 saturated carbocycles. The Morgan fingerprint density at radius 1 is 1.23 bits per heavy atom. The molecular weight excluding hydrogens is 330 g/mol. The number of hydrogen-bond acceptors (Lipinski definition) is 5. The maximum atomic E-state index is 12.4. The third-order valence-electron chi connectivity index (χ3n) is 6.11. The van der Waals surface area contributed by atoms with Gasteiger partial charge in [0.15, 0.2) is 0 Å². The van der Waals surface area contributed by atoms with Crippen molar-refractivity contribution < 1.29 is 14.3 Å². The summed E-state index contributed by atoms with van der Waals surface area (Å²) in [5.74, 6) is 0.287. The molecule has 0 aromatic carbocycles. The minimum absolute atomic E-state index is 0.216. The minimum atomic E-state index is 0.216. The summed E-state index contributed by atoms with van der Waals surface area (Å²) < 4.78 is 11.3. The number of hydrogen-bond donors (Lipinski definition) is 0. The first kappa shape index (κ1) is 17.9.